The lowest BCUT2D eigenvalue weighted by Gasteiger charge is -2.36. The zero-order valence-electron chi connectivity index (χ0n) is 21.1. The first-order valence-corrected chi connectivity index (χ1v) is 12.9. The minimum absolute atomic E-state index is 0.226. The summed E-state index contributed by atoms with van der Waals surface area (Å²) in [5, 5.41) is 0. The van der Waals surface area contributed by atoms with Crippen molar-refractivity contribution in [2.45, 2.75) is 46.2 Å². The summed E-state index contributed by atoms with van der Waals surface area (Å²) in [6.07, 6.45) is 2.17. The van der Waals surface area contributed by atoms with Gasteiger partial charge >= 0.3 is 0 Å². The molecule has 6 heteroatoms. The fourth-order valence-corrected chi connectivity index (χ4v) is 6.65. The van der Waals surface area contributed by atoms with E-state index in [2.05, 4.69) is 49.1 Å². The van der Waals surface area contributed by atoms with Gasteiger partial charge in [-0.25, -0.2) is 4.98 Å². The topological polar surface area (TPSA) is 47.7 Å². The molecular weight excluding hydrogens is 456 g/mol. The monoisotopic (exact) mass is 488 g/mol. The van der Waals surface area contributed by atoms with E-state index in [1.807, 2.05) is 36.5 Å². The zero-order chi connectivity index (χ0) is 24.5. The van der Waals surface area contributed by atoms with E-state index < -0.39 is 0 Å². The average Bonchev–Trinajstić information content (AvgIpc) is 3.42. The lowest BCUT2D eigenvalue weighted by Crippen LogP contribution is -2.35. The van der Waals surface area contributed by atoms with Crippen molar-refractivity contribution < 1.29 is 13.9 Å². The van der Waals surface area contributed by atoms with Crippen molar-refractivity contribution in [3.8, 4) is 23.0 Å². The highest BCUT2D eigenvalue weighted by molar-refractivity contribution is 7.12. The van der Waals surface area contributed by atoms with E-state index in [1.54, 1.807) is 25.3 Å². The molecular formula is C29H32N2O3S. The lowest BCUT2D eigenvalue weighted by atomic mass is 9.91. The predicted molar refractivity (Wildman–Crippen MR) is 141 cm³/mol. The molecule has 2 aromatic carbocycles. The first kappa shape index (κ1) is 23.6. The molecule has 0 bridgehead atoms. The molecule has 182 valence electrons. The molecule has 0 N–H and O–H groups in total. The summed E-state index contributed by atoms with van der Waals surface area (Å²) < 4.78 is 17.0. The Bertz CT molecular complexity index is 1330. The first-order chi connectivity index (χ1) is 17.0. The molecule has 5 nitrogen and oxygen atoms in total. The number of benzene rings is 2. The molecule has 0 saturated carbocycles. The number of methoxy groups -OCH3 is 2. The number of aryl methyl sites for hydroxylation is 2. The number of nitrogens with zero attached hydrogens (tertiary/aromatic N) is 2. The summed E-state index contributed by atoms with van der Waals surface area (Å²) in [5.74, 6) is 2.80. The number of fused-ring (bicyclic) bond motifs is 1. The molecule has 2 aromatic heterocycles. The number of oxazole rings is 1. The van der Waals surface area contributed by atoms with Gasteiger partial charge in [0.1, 0.15) is 5.76 Å². The Morgan fingerprint density at radius 1 is 1.06 bits per heavy atom. The molecule has 0 spiro atoms. The largest absolute Gasteiger partial charge is 0.493 e. The fraction of sp³-hybridized carbons (Fsp3) is 0.345. The molecule has 4 aromatic rings. The molecule has 3 heterocycles. The number of rotatable bonds is 7. The van der Waals surface area contributed by atoms with E-state index in [1.165, 1.54) is 15.3 Å². The molecule has 5 rings (SSSR count). The predicted octanol–water partition coefficient (Wildman–Crippen LogP) is 6.75. The molecule has 1 aliphatic rings. The smallest absolute Gasteiger partial charge is 0.226 e. The molecule has 35 heavy (non-hydrogen) atoms. The van der Waals surface area contributed by atoms with E-state index in [0.29, 0.717) is 17.4 Å². The van der Waals surface area contributed by atoms with Crippen molar-refractivity contribution in [2.75, 3.05) is 20.8 Å². The van der Waals surface area contributed by atoms with Crippen LogP contribution >= 0.6 is 11.3 Å². The number of thiophene rings is 1. The quantitative estimate of drug-likeness (QED) is 0.288. The van der Waals surface area contributed by atoms with Crippen molar-refractivity contribution in [3.05, 3.63) is 86.4 Å². The summed E-state index contributed by atoms with van der Waals surface area (Å²) in [6, 6.07) is 16.8. The van der Waals surface area contributed by atoms with Gasteiger partial charge in [0.25, 0.3) is 0 Å². The highest BCUT2D eigenvalue weighted by Gasteiger charge is 2.33. The summed E-state index contributed by atoms with van der Waals surface area (Å²) in [4.78, 5) is 10.4. The van der Waals surface area contributed by atoms with Crippen LogP contribution in [-0.4, -0.2) is 30.6 Å². The van der Waals surface area contributed by atoms with Crippen LogP contribution in [0.5, 0.6) is 11.5 Å². The standard InChI is InChI=1S/C29H32N2O3S/c1-6-22-19(3)35-28-23(22)14-15-31(27(28)20-10-8-7-9-11-20)17-24-18(2)34-29(30-24)21-12-13-25(32-4)26(16-21)33-5/h7-13,16,27H,6,14-15,17H2,1-5H3/t27-/m1/s1. The zero-order valence-corrected chi connectivity index (χ0v) is 21.9. The normalized spacial score (nSPS) is 15.7. The number of aromatic nitrogens is 1. The second-order valence-electron chi connectivity index (χ2n) is 8.96. The maximum Gasteiger partial charge on any atom is 0.226 e. The Balaban J connectivity index is 1.49. The van der Waals surface area contributed by atoms with Crippen molar-refractivity contribution in [2.24, 2.45) is 0 Å². The van der Waals surface area contributed by atoms with Gasteiger partial charge in [-0.3, -0.25) is 4.90 Å². The SMILES string of the molecule is CCc1c(C)sc2c1CCN(Cc1nc(-c3ccc(OC)c(OC)c3)oc1C)[C@@H]2c1ccccc1. The molecule has 0 saturated heterocycles. The molecule has 1 aliphatic heterocycles. The van der Waals surface area contributed by atoms with Crippen molar-refractivity contribution in [1.29, 1.82) is 0 Å². The van der Waals surface area contributed by atoms with Crippen LogP contribution in [0.4, 0.5) is 0 Å². The van der Waals surface area contributed by atoms with Crippen molar-refractivity contribution >= 4 is 11.3 Å². The van der Waals surface area contributed by atoms with Crippen LogP contribution in [0.1, 0.15) is 50.9 Å². The van der Waals surface area contributed by atoms with E-state index in [4.69, 9.17) is 18.9 Å². The van der Waals surface area contributed by atoms with Gasteiger partial charge in [0.15, 0.2) is 11.5 Å². The molecule has 0 aliphatic carbocycles. The van der Waals surface area contributed by atoms with Gasteiger partial charge in [-0.1, -0.05) is 37.3 Å². The summed E-state index contributed by atoms with van der Waals surface area (Å²) in [6.45, 7) is 8.27. The van der Waals surface area contributed by atoms with Crippen LogP contribution in [0.3, 0.4) is 0 Å². The minimum Gasteiger partial charge on any atom is -0.493 e. The highest BCUT2D eigenvalue weighted by atomic mass is 32.1. The van der Waals surface area contributed by atoms with Gasteiger partial charge in [-0.2, -0.15) is 0 Å². The van der Waals surface area contributed by atoms with Crippen molar-refractivity contribution in [1.82, 2.24) is 9.88 Å². The third-order valence-corrected chi connectivity index (χ3v) is 8.20. The van der Waals surface area contributed by atoms with Crippen LogP contribution in [0, 0.1) is 13.8 Å². The number of hydrogen-bond donors (Lipinski definition) is 0. The van der Waals surface area contributed by atoms with Gasteiger partial charge in [-0.05, 0) is 61.6 Å². The maximum atomic E-state index is 6.13. The molecule has 0 fully saturated rings. The van der Waals surface area contributed by atoms with Gasteiger partial charge in [-0.15, -0.1) is 11.3 Å². The second kappa shape index (κ2) is 9.88. The van der Waals surface area contributed by atoms with E-state index in [0.717, 1.165) is 42.9 Å². The molecule has 0 radical (unpaired) electrons. The Labute approximate surface area is 211 Å². The van der Waals surface area contributed by atoms with E-state index in [9.17, 15) is 0 Å². The third-order valence-electron chi connectivity index (χ3n) is 6.96. The lowest BCUT2D eigenvalue weighted by molar-refractivity contribution is 0.204. The van der Waals surface area contributed by atoms with Crippen LogP contribution in [-0.2, 0) is 19.4 Å². The summed E-state index contributed by atoms with van der Waals surface area (Å²) in [5.41, 5.74) is 6.28. The number of ether oxygens (including phenoxy) is 2. The Kier molecular flexibility index (Phi) is 6.67. The third kappa shape index (κ3) is 4.37. The maximum absolute atomic E-state index is 6.13. The average molecular weight is 489 g/mol. The summed E-state index contributed by atoms with van der Waals surface area (Å²) >= 11 is 1.96. The second-order valence-corrected chi connectivity index (χ2v) is 10.2. The van der Waals surface area contributed by atoms with Crippen LogP contribution in [0.25, 0.3) is 11.5 Å². The molecule has 0 unspecified atom stereocenters. The highest BCUT2D eigenvalue weighted by Crippen LogP contribution is 2.43. The van der Waals surface area contributed by atoms with E-state index >= 15 is 0 Å². The van der Waals surface area contributed by atoms with Gasteiger partial charge < -0.3 is 13.9 Å². The van der Waals surface area contributed by atoms with Crippen molar-refractivity contribution in [3.63, 3.8) is 0 Å². The fourth-order valence-electron chi connectivity index (χ4n) is 5.18. The Morgan fingerprint density at radius 3 is 2.54 bits per heavy atom. The van der Waals surface area contributed by atoms with Crippen LogP contribution in [0.15, 0.2) is 52.9 Å². The van der Waals surface area contributed by atoms with Crippen LogP contribution in [0.2, 0.25) is 0 Å². The van der Waals surface area contributed by atoms with Gasteiger partial charge in [0.05, 0.1) is 26.0 Å². The Morgan fingerprint density at radius 2 is 1.83 bits per heavy atom. The molecule has 1 atom stereocenters. The van der Waals surface area contributed by atoms with E-state index in [-0.39, 0.29) is 6.04 Å². The summed E-state index contributed by atoms with van der Waals surface area (Å²) in [7, 11) is 3.27. The van der Waals surface area contributed by atoms with Crippen LogP contribution < -0.4 is 9.47 Å². The number of hydrogen-bond acceptors (Lipinski definition) is 6. The van der Waals surface area contributed by atoms with Gasteiger partial charge in [0.2, 0.25) is 5.89 Å². The first-order valence-electron chi connectivity index (χ1n) is 12.1. The van der Waals surface area contributed by atoms with Gasteiger partial charge in [0, 0.05) is 28.4 Å². The molecule has 0 amide bonds. The minimum atomic E-state index is 0.226. The Hall–Kier alpha value is -3.09.